The van der Waals surface area contributed by atoms with Crippen molar-refractivity contribution in [3.05, 3.63) is 36.5 Å². The summed E-state index contributed by atoms with van der Waals surface area (Å²) in [5.41, 5.74) is 6.82. The van der Waals surface area contributed by atoms with Crippen molar-refractivity contribution in [3.8, 4) is 0 Å². The van der Waals surface area contributed by atoms with Gasteiger partial charge in [0.1, 0.15) is 0 Å². The molecular formula is C10H17N. The molecule has 11 heavy (non-hydrogen) atoms. The molecule has 0 unspecified atom stereocenters. The molecule has 1 atom stereocenters. The molecule has 2 N–H and O–H groups in total. The molecular weight excluding hydrogens is 134 g/mol. The molecule has 0 aliphatic rings. The lowest BCUT2D eigenvalue weighted by molar-refractivity contribution is 0.741. The molecule has 0 heterocycles. The maximum atomic E-state index is 5.63. The van der Waals surface area contributed by atoms with Crippen molar-refractivity contribution in [2.24, 2.45) is 5.73 Å². The van der Waals surface area contributed by atoms with Crippen molar-refractivity contribution < 1.29 is 0 Å². The van der Waals surface area contributed by atoms with Crippen LogP contribution in [-0.2, 0) is 0 Å². The zero-order valence-corrected chi connectivity index (χ0v) is 7.38. The molecule has 0 aliphatic heterocycles. The molecule has 0 saturated heterocycles. The van der Waals surface area contributed by atoms with Crippen LogP contribution in [0.2, 0.25) is 0 Å². The van der Waals surface area contributed by atoms with E-state index in [2.05, 4.69) is 6.58 Å². The second-order valence-corrected chi connectivity index (χ2v) is 2.65. The molecule has 0 fully saturated rings. The minimum Gasteiger partial charge on any atom is -0.328 e. The van der Waals surface area contributed by atoms with E-state index < -0.39 is 0 Å². The van der Waals surface area contributed by atoms with E-state index in [0.29, 0.717) is 0 Å². The Balaban J connectivity index is 4.04. The van der Waals surface area contributed by atoms with Gasteiger partial charge in [-0.25, -0.2) is 0 Å². The zero-order valence-electron chi connectivity index (χ0n) is 7.38. The van der Waals surface area contributed by atoms with Gasteiger partial charge in [-0.3, -0.25) is 0 Å². The van der Waals surface area contributed by atoms with E-state index >= 15 is 0 Å². The van der Waals surface area contributed by atoms with Crippen molar-refractivity contribution in [2.45, 2.75) is 26.3 Å². The fourth-order valence-corrected chi connectivity index (χ4v) is 0.811. The Labute approximate surface area is 69.3 Å². The third kappa shape index (κ3) is 5.62. The Kier molecular flexibility index (Phi) is 5.49. The van der Waals surface area contributed by atoms with Gasteiger partial charge in [0, 0.05) is 6.04 Å². The predicted molar refractivity (Wildman–Crippen MR) is 51.4 cm³/mol. The zero-order chi connectivity index (χ0) is 8.69. The van der Waals surface area contributed by atoms with Crippen molar-refractivity contribution in [3.63, 3.8) is 0 Å². The van der Waals surface area contributed by atoms with Gasteiger partial charge in [0.2, 0.25) is 0 Å². The molecule has 0 rings (SSSR count). The second kappa shape index (κ2) is 5.93. The Morgan fingerprint density at radius 3 is 2.64 bits per heavy atom. The molecule has 0 bridgehead atoms. The maximum Gasteiger partial charge on any atom is 0.00509 e. The summed E-state index contributed by atoms with van der Waals surface area (Å²) >= 11 is 0. The molecule has 1 heteroatoms. The Bertz CT molecular complexity index is 164. The topological polar surface area (TPSA) is 26.0 Å². The monoisotopic (exact) mass is 151 g/mol. The lowest BCUT2D eigenvalue weighted by Gasteiger charge is -2.03. The van der Waals surface area contributed by atoms with Gasteiger partial charge in [0.05, 0.1) is 0 Å². The van der Waals surface area contributed by atoms with Gasteiger partial charge < -0.3 is 5.73 Å². The first-order chi connectivity index (χ1) is 5.20. The lowest BCUT2D eigenvalue weighted by Crippen LogP contribution is -2.14. The average molecular weight is 151 g/mol. The third-order valence-electron chi connectivity index (χ3n) is 1.32. The molecule has 0 aromatic carbocycles. The first-order valence-electron chi connectivity index (χ1n) is 3.90. The maximum absolute atomic E-state index is 5.63. The van der Waals surface area contributed by atoms with Gasteiger partial charge in [-0.2, -0.15) is 0 Å². The van der Waals surface area contributed by atoms with E-state index in [4.69, 9.17) is 5.73 Å². The fraction of sp³-hybridized carbons (Fsp3) is 0.400. The standard InChI is InChI=1S/C10H17N/c1-4-6-7-10(5-2)8-9(3)11/h4-7,9H,2,8,11H2,1,3H3/b6-4-,10-7+/t9-/m1/s1. The van der Waals surface area contributed by atoms with Crippen LogP contribution in [0.4, 0.5) is 0 Å². The van der Waals surface area contributed by atoms with Crippen LogP contribution >= 0.6 is 0 Å². The summed E-state index contributed by atoms with van der Waals surface area (Å²) in [6, 6.07) is 0.213. The largest absolute Gasteiger partial charge is 0.328 e. The number of hydrogen-bond acceptors (Lipinski definition) is 1. The van der Waals surface area contributed by atoms with E-state index in [1.54, 1.807) is 0 Å². The quantitative estimate of drug-likeness (QED) is 0.613. The van der Waals surface area contributed by atoms with Crippen LogP contribution in [0.25, 0.3) is 0 Å². The van der Waals surface area contributed by atoms with Crippen molar-refractivity contribution in [1.82, 2.24) is 0 Å². The second-order valence-electron chi connectivity index (χ2n) is 2.65. The van der Waals surface area contributed by atoms with E-state index in [0.717, 1.165) is 6.42 Å². The lowest BCUT2D eigenvalue weighted by atomic mass is 10.1. The minimum absolute atomic E-state index is 0.213. The van der Waals surface area contributed by atoms with Gasteiger partial charge in [0.15, 0.2) is 0 Å². The predicted octanol–water partition coefficient (Wildman–Crippen LogP) is 2.41. The minimum atomic E-state index is 0.213. The van der Waals surface area contributed by atoms with Crippen molar-refractivity contribution in [1.29, 1.82) is 0 Å². The van der Waals surface area contributed by atoms with Crippen LogP contribution < -0.4 is 5.73 Å². The first-order valence-corrected chi connectivity index (χ1v) is 3.90. The summed E-state index contributed by atoms with van der Waals surface area (Å²) in [7, 11) is 0. The van der Waals surface area contributed by atoms with Crippen LogP contribution in [0.15, 0.2) is 36.5 Å². The van der Waals surface area contributed by atoms with E-state index in [-0.39, 0.29) is 6.04 Å². The molecule has 1 nitrogen and oxygen atoms in total. The molecule has 0 amide bonds. The van der Waals surface area contributed by atoms with Crippen LogP contribution in [0.3, 0.4) is 0 Å². The summed E-state index contributed by atoms with van der Waals surface area (Å²) in [4.78, 5) is 0. The summed E-state index contributed by atoms with van der Waals surface area (Å²) < 4.78 is 0. The number of nitrogens with two attached hydrogens (primary N) is 1. The molecule has 0 aromatic heterocycles. The average Bonchev–Trinajstić information content (AvgIpc) is 1.97. The number of allylic oxidation sites excluding steroid dienone is 4. The van der Waals surface area contributed by atoms with Crippen LogP contribution in [0.5, 0.6) is 0 Å². The normalized spacial score (nSPS) is 15.4. The summed E-state index contributed by atoms with van der Waals surface area (Å²) in [5, 5.41) is 0. The Morgan fingerprint density at radius 1 is 1.64 bits per heavy atom. The molecule has 62 valence electrons. The van der Waals surface area contributed by atoms with Crippen LogP contribution in [0.1, 0.15) is 20.3 Å². The molecule has 0 spiro atoms. The summed E-state index contributed by atoms with van der Waals surface area (Å²) in [6.07, 6.45) is 8.78. The summed E-state index contributed by atoms with van der Waals surface area (Å²) in [6.45, 7) is 7.69. The van der Waals surface area contributed by atoms with E-state index in [1.807, 2.05) is 38.2 Å². The highest BCUT2D eigenvalue weighted by molar-refractivity contribution is 5.22. The SMILES string of the molecule is C=C/C(=C\C=C/C)C[C@@H](C)N. The van der Waals surface area contributed by atoms with E-state index in [1.165, 1.54) is 5.57 Å². The first kappa shape index (κ1) is 10.2. The smallest absolute Gasteiger partial charge is 0.00509 e. The third-order valence-corrected chi connectivity index (χ3v) is 1.32. The molecule has 0 saturated carbocycles. The van der Waals surface area contributed by atoms with Crippen LogP contribution in [0, 0.1) is 0 Å². The van der Waals surface area contributed by atoms with Crippen molar-refractivity contribution >= 4 is 0 Å². The van der Waals surface area contributed by atoms with E-state index in [9.17, 15) is 0 Å². The summed E-state index contributed by atoms with van der Waals surface area (Å²) in [5.74, 6) is 0. The Morgan fingerprint density at radius 2 is 2.27 bits per heavy atom. The van der Waals surface area contributed by atoms with Gasteiger partial charge >= 0.3 is 0 Å². The van der Waals surface area contributed by atoms with Gasteiger partial charge in [0.25, 0.3) is 0 Å². The van der Waals surface area contributed by atoms with Gasteiger partial charge in [-0.1, -0.05) is 30.9 Å². The number of hydrogen-bond donors (Lipinski definition) is 1. The fourth-order valence-electron chi connectivity index (χ4n) is 0.811. The van der Waals surface area contributed by atoms with Gasteiger partial charge in [-0.05, 0) is 25.8 Å². The Hall–Kier alpha value is -0.820. The number of rotatable bonds is 4. The highest BCUT2D eigenvalue weighted by Crippen LogP contribution is 2.04. The highest BCUT2D eigenvalue weighted by Gasteiger charge is 1.94. The highest BCUT2D eigenvalue weighted by atomic mass is 14.6. The van der Waals surface area contributed by atoms with Crippen LogP contribution in [-0.4, -0.2) is 6.04 Å². The molecule has 0 aromatic rings. The molecule has 0 aliphatic carbocycles. The molecule has 0 radical (unpaired) electrons. The van der Waals surface area contributed by atoms with Gasteiger partial charge in [-0.15, -0.1) is 0 Å². The van der Waals surface area contributed by atoms with Crippen molar-refractivity contribution in [2.75, 3.05) is 0 Å².